The normalized spacial score (nSPS) is 14.8. The van der Waals surface area contributed by atoms with Crippen LogP contribution >= 0.6 is 11.3 Å². The standard InChI is InChI=1S/C31H21N5S/c1-3-9-21(10-4-1)28-34-29(22-11-5-2-6-12-22)36-30(35-28)23-15-14-20-16-17-26-27(24(20)19-23)33-31(37-26)25-13-7-8-18-32-25/h1-19,25,32H. The van der Waals surface area contributed by atoms with Gasteiger partial charge in [0.2, 0.25) is 0 Å². The molecule has 7 rings (SSSR count). The summed E-state index contributed by atoms with van der Waals surface area (Å²) in [6, 6.07) is 30.9. The summed E-state index contributed by atoms with van der Waals surface area (Å²) in [5.41, 5.74) is 3.85. The molecule has 0 radical (unpaired) electrons. The molecule has 4 aromatic carbocycles. The van der Waals surface area contributed by atoms with E-state index in [1.165, 1.54) is 0 Å². The lowest BCUT2D eigenvalue weighted by atomic mass is 10.1. The predicted octanol–water partition coefficient (Wildman–Crippen LogP) is 7.35. The van der Waals surface area contributed by atoms with Gasteiger partial charge in [0.05, 0.1) is 16.3 Å². The lowest BCUT2D eigenvalue weighted by Crippen LogP contribution is -2.14. The van der Waals surface area contributed by atoms with Crippen molar-refractivity contribution in [3.05, 3.63) is 120 Å². The largest absolute Gasteiger partial charge is 0.379 e. The van der Waals surface area contributed by atoms with Crippen LogP contribution in [0.15, 0.2) is 115 Å². The van der Waals surface area contributed by atoms with Crippen molar-refractivity contribution in [1.29, 1.82) is 0 Å². The minimum atomic E-state index is 0.0889. The van der Waals surface area contributed by atoms with E-state index in [0.29, 0.717) is 17.5 Å². The smallest absolute Gasteiger partial charge is 0.164 e. The number of aromatic nitrogens is 4. The summed E-state index contributed by atoms with van der Waals surface area (Å²) in [5, 5.41) is 6.66. The molecule has 2 aromatic heterocycles. The highest BCUT2D eigenvalue weighted by atomic mass is 32.1. The third kappa shape index (κ3) is 4.07. The van der Waals surface area contributed by atoms with Gasteiger partial charge in [0, 0.05) is 22.1 Å². The number of dihydropyridines is 1. The van der Waals surface area contributed by atoms with Crippen LogP contribution in [0, 0.1) is 0 Å². The number of nitrogens with zero attached hydrogens (tertiary/aromatic N) is 4. The van der Waals surface area contributed by atoms with Crippen molar-refractivity contribution in [2.75, 3.05) is 0 Å². The Morgan fingerprint density at radius 3 is 1.92 bits per heavy atom. The molecular formula is C31H21N5S. The molecule has 3 heterocycles. The minimum Gasteiger partial charge on any atom is -0.379 e. The zero-order chi connectivity index (χ0) is 24.6. The molecule has 1 aliphatic rings. The number of thiazole rings is 1. The van der Waals surface area contributed by atoms with Gasteiger partial charge in [-0.25, -0.2) is 19.9 Å². The molecule has 1 unspecified atom stereocenters. The number of fused-ring (bicyclic) bond motifs is 3. The second-order valence-corrected chi connectivity index (χ2v) is 9.89. The van der Waals surface area contributed by atoms with Crippen LogP contribution in [0.3, 0.4) is 0 Å². The molecule has 0 fully saturated rings. The molecule has 1 N–H and O–H groups in total. The van der Waals surface area contributed by atoms with Gasteiger partial charge in [-0.3, -0.25) is 0 Å². The van der Waals surface area contributed by atoms with Crippen molar-refractivity contribution >= 4 is 32.3 Å². The Bertz CT molecular complexity index is 1750. The third-order valence-electron chi connectivity index (χ3n) is 6.40. The van der Waals surface area contributed by atoms with Gasteiger partial charge in [-0.05, 0) is 29.8 Å². The zero-order valence-electron chi connectivity index (χ0n) is 19.7. The first-order valence-corrected chi connectivity index (χ1v) is 12.9. The van der Waals surface area contributed by atoms with Crippen molar-refractivity contribution in [2.45, 2.75) is 6.04 Å². The summed E-state index contributed by atoms with van der Waals surface area (Å²) in [6.45, 7) is 0. The highest BCUT2D eigenvalue weighted by Gasteiger charge is 2.17. The van der Waals surface area contributed by atoms with Crippen LogP contribution in [0.2, 0.25) is 0 Å². The van der Waals surface area contributed by atoms with Gasteiger partial charge in [-0.2, -0.15) is 0 Å². The summed E-state index contributed by atoms with van der Waals surface area (Å²) in [4.78, 5) is 19.7. The third-order valence-corrected chi connectivity index (χ3v) is 7.51. The van der Waals surface area contributed by atoms with E-state index in [1.807, 2.05) is 72.9 Å². The molecule has 0 saturated heterocycles. The van der Waals surface area contributed by atoms with Crippen molar-refractivity contribution in [3.63, 3.8) is 0 Å². The Morgan fingerprint density at radius 2 is 1.27 bits per heavy atom. The van der Waals surface area contributed by atoms with E-state index in [-0.39, 0.29) is 6.04 Å². The van der Waals surface area contributed by atoms with Crippen LogP contribution in [-0.2, 0) is 0 Å². The first-order valence-electron chi connectivity index (χ1n) is 12.1. The highest BCUT2D eigenvalue weighted by Crippen LogP contribution is 2.35. The van der Waals surface area contributed by atoms with Crippen molar-refractivity contribution < 1.29 is 0 Å². The van der Waals surface area contributed by atoms with E-state index in [4.69, 9.17) is 19.9 Å². The quantitative estimate of drug-likeness (QED) is 0.277. The first-order chi connectivity index (χ1) is 18.3. The SMILES string of the molecule is C1=CNC(c2nc3c(ccc4ccc(-c5nc(-c6ccccc6)nc(-c6ccccc6)n5)cc43)s2)C=C1. The molecule has 0 amide bonds. The van der Waals surface area contributed by atoms with Crippen molar-refractivity contribution in [3.8, 4) is 34.2 Å². The van der Waals surface area contributed by atoms with Crippen LogP contribution in [0.1, 0.15) is 11.0 Å². The van der Waals surface area contributed by atoms with Gasteiger partial charge in [0.1, 0.15) is 5.01 Å². The van der Waals surface area contributed by atoms with E-state index in [9.17, 15) is 0 Å². The predicted molar refractivity (Wildman–Crippen MR) is 151 cm³/mol. The van der Waals surface area contributed by atoms with Gasteiger partial charge in [-0.1, -0.05) is 91.0 Å². The zero-order valence-corrected chi connectivity index (χ0v) is 20.6. The fourth-order valence-electron chi connectivity index (χ4n) is 4.54. The molecule has 6 aromatic rings. The summed E-state index contributed by atoms with van der Waals surface area (Å²) in [7, 11) is 0. The molecular weight excluding hydrogens is 474 g/mol. The van der Waals surface area contributed by atoms with E-state index in [2.05, 4.69) is 47.8 Å². The van der Waals surface area contributed by atoms with Gasteiger partial charge < -0.3 is 5.32 Å². The summed E-state index contributed by atoms with van der Waals surface area (Å²) < 4.78 is 1.16. The Labute approximate surface area is 217 Å². The number of allylic oxidation sites excluding steroid dienone is 2. The van der Waals surface area contributed by atoms with E-state index >= 15 is 0 Å². The lowest BCUT2D eigenvalue weighted by Gasteiger charge is -2.11. The monoisotopic (exact) mass is 495 g/mol. The Morgan fingerprint density at radius 1 is 0.622 bits per heavy atom. The maximum atomic E-state index is 5.05. The molecule has 1 aliphatic heterocycles. The summed E-state index contributed by atoms with van der Waals surface area (Å²) in [5.74, 6) is 1.95. The Kier molecular flexibility index (Phi) is 5.30. The molecule has 1 atom stereocenters. The molecule has 0 spiro atoms. The van der Waals surface area contributed by atoms with Crippen LogP contribution in [0.5, 0.6) is 0 Å². The second-order valence-electron chi connectivity index (χ2n) is 8.83. The summed E-state index contributed by atoms with van der Waals surface area (Å²) >= 11 is 1.72. The number of hydrogen-bond acceptors (Lipinski definition) is 6. The minimum absolute atomic E-state index is 0.0889. The van der Waals surface area contributed by atoms with Crippen LogP contribution in [0.4, 0.5) is 0 Å². The first kappa shape index (κ1) is 21.6. The Balaban J connectivity index is 1.39. The fourth-order valence-corrected chi connectivity index (χ4v) is 5.56. The topological polar surface area (TPSA) is 63.6 Å². The molecule has 0 saturated carbocycles. The molecule has 176 valence electrons. The van der Waals surface area contributed by atoms with Crippen molar-refractivity contribution in [2.24, 2.45) is 0 Å². The molecule has 37 heavy (non-hydrogen) atoms. The lowest BCUT2D eigenvalue weighted by molar-refractivity contribution is 0.742. The molecule has 0 bridgehead atoms. The number of hydrogen-bond donors (Lipinski definition) is 1. The van der Waals surface area contributed by atoms with Crippen LogP contribution in [-0.4, -0.2) is 19.9 Å². The maximum absolute atomic E-state index is 5.05. The van der Waals surface area contributed by atoms with Gasteiger partial charge in [0.15, 0.2) is 17.5 Å². The number of rotatable bonds is 4. The van der Waals surface area contributed by atoms with Gasteiger partial charge >= 0.3 is 0 Å². The number of nitrogens with one attached hydrogen (secondary N) is 1. The van der Waals surface area contributed by atoms with Gasteiger partial charge in [-0.15, -0.1) is 11.3 Å². The highest BCUT2D eigenvalue weighted by molar-refractivity contribution is 7.18. The van der Waals surface area contributed by atoms with Gasteiger partial charge in [0.25, 0.3) is 0 Å². The van der Waals surface area contributed by atoms with Crippen LogP contribution in [0.25, 0.3) is 55.2 Å². The maximum Gasteiger partial charge on any atom is 0.164 e. The number of benzene rings is 4. The molecule has 6 heteroatoms. The van der Waals surface area contributed by atoms with Crippen LogP contribution < -0.4 is 5.32 Å². The Hall–Kier alpha value is -4.68. The average Bonchev–Trinajstić information content (AvgIpc) is 3.43. The molecule has 5 nitrogen and oxygen atoms in total. The summed E-state index contributed by atoms with van der Waals surface area (Å²) in [6.07, 6.45) is 8.14. The molecule has 0 aliphatic carbocycles. The second kappa shape index (κ2) is 9.08. The van der Waals surface area contributed by atoms with E-state index < -0.39 is 0 Å². The fraction of sp³-hybridized carbons (Fsp3) is 0.0323. The average molecular weight is 496 g/mol. The van der Waals surface area contributed by atoms with E-state index in [1.54, 1.807) is 11.3 Å². The van der Waals surface area contributed by atoms with Crippen molar-refractivity contribution in [1.82, 2.24) is 25.3 Å². The van der Waals surface area contributed by atoms with E-state index in [0.717, 1.165) is 42.7 Å².